The Morgan fingerprint density at radius 3 is 2.90 bits per heavy atom. The van der Waals surface area contributed by atoms with Crippen molar-refractivity contribution in [1.82, 2.24) is 4.90 Å². The molecule has 2 unspecified atom stereocenters. The van der Waals surface area contributed by atoms with Gasteiger partial charge in [-0.1, -0.05) is 18.2 Å². The molecule has 0 aromatic heterocycles. The standard InChI is InChI=1S/C16H22N2O2/c1-12(16(19)18-8-4-5-9-18)20-14-10-13-6-2-3-7-15(13)17-11-14/h2-3,6-7,12,14,17H,4-5,8-11H2,1H3. The number of para-hydroxylation sites is 1. The first kappa shape index (κ1) is 13.4. The smallest absolute Gasteiger partial charge is 0.251 e. The maximum atomic E-state index is 12.2. The Bertz CT molecular complexity index is 483. The molecule has 1 saturated heterocycles. The number of anilines is 1. The number of rotatable bonds is 3. The predicted octanol–water partition coefficient (Wildman–Crippen LogP) is 2.05. The molecular formula is C16H22N2O2. The van der Waals surface area contributed by atoms with Crippen LogP contribution in [0.2, 0.25) is 0 Å². The Labute approximate surface area is 120 Å². The number of hydrogen-bond donors (Lipinski definition) is 1. The SMILES string of the molecule is CC(OC1CNc2ccccc2C1)C(=O)N1CCCC1. The summed E-state index contributed by atoms with van der Waals surface area (Å²) in [5.41, 5.74) is 2.45. The zero-order chi connectivity index (χ0) is 13.9. The van der Waals surface area contributed by atoms with E-state index in [0.717, 1.165) is 38.9 Å². The first-order valence-electron chi connectivity index (χ1n) is 7.50. The molecule has 1 fully saturated rings. The summed E-state index contributed by atoms with van der Waals surface area (Å²) < 4.78 is 5.97. The molecule has 2 aliphatic rings. The molecule has 3 rings (SSSR count). The monoisotopic (exact) mass is 274 g/mol. The number of ether oxygens (including phenoxy) is 1. The molecule has 20 heavy (non-hydrogen) atoms. The fourth-order valence-corrected chi connectivity index (χ4v) is 3.05. The van der Waals surface area contributed by atoms with Gasteiger partial charge < -0.3 is 15.0 Å². The number of benzene rings is 1. The van der Waals surface area contributed by atoms with Crippen molar-refractivity contribution in [3.05, 3.63) is 29.8 Å². The first-order chi connectivity index (χ1) is 9.74. The minimum Gasteiger partial charge on any atom is -0.382 e. The number of hydrogen-bond acceptors (Lipinski definition) is 3. The van der Waals surface area contributed by atoms with E-state index in [1.807, 2.05) is 24.0 Å². The highest BCUT2D eigenvalue weighted by molar-refractivity contribution is 5.80. The molecule has 2 aliphatic heterocycles. The lowest BCUT2D eigenvalue weighted by Gasteiger charge is -2.29. The molecule has 0 radical (unpaired) electrons. The molecule has 1 N–H and O–H groups in total. The van der Waals surface area contributed by atoms with Gasteiger partial charge in [0.15, 0.2) is 0 Å². The molecule has 1 amide bonds. The van der Waals surface area contributed by atoms with Gasteiger partial charge in [-0.25, -0.2) is 0 Å². The van der Waals surface area contributed by atoms with E-state index in [2.05, 4.69) is 17.4 Å². The van der Waals surface area contributed by atoms with Crippen molar-refractivity contribution in [3.8, 4) is 0 Å². The van der Waals surface area contributed by atoms with Gasteiger partial charge in [0.05, 0.1) is 6.10 Å². The zero-order valence-electron chi connectivity index (χ0n) is 12.0. The lowest BCUT2D eigenvalue weighted by atomic mass is 10.0. The van der Waals surface area contributed by atoms with Crippen LogP contribution in [0.25, 0.3) is 0 Å². The molecule has 1 aromatic carbocycles. The Kier molecular flexibility index (Phi) is 3.92. The second kappa shape index (κ2) is 5.83. The first-order valence-corrected chi connectivity index (χ1v) is 7.50. The van der Waals surface area contributed by atoms with Crippen LogP contribution >= 0.6 is 0 Å². The fraction of sp³-hybridized carbons (Fsp3) is 0.562. The third-order valence-corrected chi connectivity index (χ3v) is 4.15. The Balaban J connectivity index is 1.57. The number of likely N-dealkylation sites (tertiary alicyclic amines) is 1. The highest BCUT2D eigenvalue weighted by Gasteiger charge is 2.27. The van der Waals surface area contributed by atoms with E-state index < -0.39 is 0 Å². The number of amides is 1. The van der Waals surface area contributed by atoms with Crippen LogP contribution in [0.4, 0.5) is 5.69 Å². The van der Waals surface area contributed by atoms with E-state index in [4.69, 9.17) is 4.74 Å². The molecule has 2 heterocycles. The normalized spacial score (nSPS) is 23.1. The molecule has 4 heteroatoms. The highest BCUT2D eigenvalue weighted by Crippen LogP contribution is 2.23. The number of carbonyl (C=O) groups is 1. The number of fused-ring (bicyclic) bond motifs is 1. The van der Waals surface area contributed by atoms with Crippen molar-refractivity contribution < 1.29 is 9.53 Å². The lowest BCUT2D eigenvalue weighted by molar-refractivity contribution is -0.144. The van der Waals surface area contributed by atoms with Gasteiger partial charge in [-0.3, -0.25) is 4.79 Å². The second-order valence-corrected chi connectivity index (χ2v) is 5.67. The summed E-state index contributed by atoms with van der Waals surface area (Å²) in [4.78, 5) is 14.2. The average molecular weight is 274 g/mol. The number of carbonyl (C=O) groups excluding carboxylic acids is 1. The molecule has 0 saturated carbocycles. The summed E-state index contributed by atoms with van der Waals surface area (Å²) in [6.45, 7) is 4.42. The van der Waals surface area contributed by atoms with E-state index in [-0.39, 0.29) is 18.1 Å². The Hall–Kier alpha value is -1.55. The fourth-order valence-electron chi connectivity index (χ4n) is 3.05. The topological polar surface area (TPSA) is 41.6 Å². The van der Waals surface area contributed by atoms with Gasteiger partial charge in [-0.15, -0.1) is 0 Å². The van der Waals surface area contributed by atoms with Crippen molar-refractivity contribution in [2.45, 2.75) is 38.4 Å². The van der Waals surface area contributed by atoms with Crippen LogP contribution in [0.5, 0.6) is 0 Å². The third kappa shape index (κ3) is 2.80. The predicted molar refractivity (Wildman–Crippen MR) is 78.8 cm³/mol. The van der Waals surface area contributed by atoms with Gasteiger partial charge in [-0.2, -0.15) is 0 Å². The van der Waals surface area contributed by atoms with E-state index in [0.29, 0.717) is 0 Å². The van der Waals surface area contributed by atoms with E-state index in [1.54, 1.807) is 0 Å². The molecule has 4 nitrogen and oxygen atoms in total. The van der Waals surface area contributed by atoms with Crippen molar-refractivity contribution in [2.75, 3.05) is 25.0 Å². The summed E-state index contributed by atoms with van der Waals surface area (Å²) in [6.07, 6.45) is 2.85. The second-order valence-electron chi connectivity index (χ2n) is 5.67. The molecule has 0 aliphatic carbocycles. The largest absolute Gasteiger partial charge is 0.382 e. The van der Waals surface area contributed by atoms with Crippen LogP contribution in [-0.4, -0.2) is 42.6 Å². The summed E-state index contributed by atoms with van der Waals surface area (Å²) in [5.74, 6) is 0.140. The summed E-state index contributed by atoms with van der Waals surface area (Å²) in [7, 11) is 0. The lowest BCUT2D eigenvalue weighted by Crippen LogP contribution is -2.41. The minimum atomic E-state index is -0.342. The van der Waals surface area contributed by atoms with Crippen molar-refractivity contribution in [1.29, 1.82) is 0 Å². The minimum absolute atomic E-state index is 0.0754. The van der Waals surface area contributed by atoms with Gasteiger partial charge in [-0.05, 0) is 31.4 Å². The van der Waals surface area contributed by atoms with Gasteiger partial charge in [0.25, 0.3) is 5.91 Å². The van der Waals surface area contributed by atoms with Gasteiger partial charge >= 0.3 is 0 Å². The Morgan fingerprint density at radius 2 is 2.10 bits per heavy atom. The van der Waals surface area contributed by atoms with Crippen molar-refractivity contribution in [3.63, 3.8) is 0 Å². The molecule has 108 valence electrons. The maximum Gasteiger partial charge on any atom is 0.251 e. The van der Waals surface area contributed by atoms with Crippen LogP contribution in [0, 0.1) is 0 Å². The third-order valence-electron chi connectivity index (χ3n) is 4.15. The maximum absolute atomic E-state index is 12.2. The Morgan fingerprint density at radius 1 is 1.35 bits per heavy atom. The summed E-state index contributed by atoms with van der Waals surface area (Å²) in [5, 5.41) is 3.38. The van der Waals surface area contributed by atoms with E-state index in [1.165, 1.54) is 11.3 Å². The van der Waals surface area contributed by atoms with E-state index in [9.17, 15) is 4.79 Å². The molecule has 2 atom stereocenters. The molecule has 0 spiro atoms. The summed E-state index contributed by atoms with van der Waals surface area (Å²) in [6, 6.07) is 8.28. The zero-order valence-corrected chi connectivity index (χ0v) is 12.0. The van der Waals surface area contributed by atoms with Crippen molar-refractivity contribution in [2.24, 2.45) is 0 Å². The molecule has 1 aromatic rings. The average Bonchev–Trinajstić information content (AvgIpc) is 3.00. The van der Waals surface area contributed by atoms with Gasteiger partial charge in [0.2, 0.25) is 0 Å². The van der Waals surface area contributed by atoms with Crippen LogP contribution in [0.15, 0.2) is 24.3 Å². The number of nitrogens with one attached hydrogen (secondary N) is 1. The van der Waals surface area contributed by atoms with Crippen LogP contribution in [0.3, 0.4) is 0 Å². The van der Waals surface area contributed by atoms with Crippen LogP contribution in [0.1, 0.15) is 25.3 Å². The quantitative estimate of drug-likeness (QED) is 0.917. The van der Waals surface area contributed by atoms with Gasteiger partial charge in [0.1, 0.15) is 6.10 Å². The van der Waals surface area contributed by atoms with E-state index >= 15 is 0 Å². The van der Waals surface area contributed by atoms with Crippen molar-refractivity contribution >= 4 is 11.6 Å². The highest BCUT2D eigenvalue weighted by atomic mass is 16.5. The van der Waals surface area contributed by atoms with Crippen LogP contribution < -0.4 is 5.32 Å². The number of nitrogens with zero attached hydrogens (tertiary/aromatic N) is 1. The van der Waals surface area contributed by atoms with Crippen LogP contribution in [-0.2, 0) is 16.0 Å². The molecular weight excluding hydrogens is 252 g/mol. The molecule has 0 bridgehead atoms. The summed E-state index contributed by atoms with van der Waals surface area (Å²) >= 11 is 0. The van der Waals surface area contributed by atoms with Gasteiger partial charge in [0, 0.05) is 31.7 Å².